The van der Waals surface area contributed by atoms with Gasteiger partial charge in [0.2, 0.25) is 5.28 Å². The Morgan fingerprint density at radius 3 is 2.55 bits per heavy atom. The van der Waals surface area contributed by atoms with E-state index in [0.29, 0.717) is 17.8 Å². The van der Waals surface area contributed by atoms with Gasteiger partial charge in [-0.2, -0.15) is 0 Å². The van der Waals surface area contributed by atoms with Gasteiger partial charge >= 0.3 is 0 Å². The van der Waals surface area contributed by atoms with Crippen molar-refractivity contribution < 1.29 is 9.90 Å². The molecule has 7 heteroatoms. The van der Waals surface area contributed by atoms with Crippen molar-refractivity contribution in [2.75, 3.05) is 0 Å². The Hall–Kier alpha value is -0.910. The summed E-state index contributed by atoms with van der Waals surface area (Å²) in [6.45, 7) is 0. The van der Waals surface area contributed by atoms with Gasteiger partial charge in [-0.3, -0.25) is 4.79 Å². The van der Waals surface area contributed by atoms with Gasteiger partial charge < -0.3 is 10.4 Å². The first-order valence-electron chi connectivity index (χ1n) is 7.65. The van der Waals surface area contributed by atoms with Crippen LogP contribution in [0.5, 0.6) is 0 Å². The van der Waals surface area contributed by atoms with E-state index >= 15 is 0 Å². The minimum absolute atomic E-state index is 0.0263. The summed E-state index contributed by atoms with van der Waals surface area (Å²) in [5, 5.41) is 13.8. The number of aromatic nitrogens is 2. The van der Waals surface area contributed by atoms with Gasteiger partial charge in [0.05, 0.1) is 11.2 Å². The molecular formula is C15H17Cl2N3O2. The van der Waals surface area contributed by atoms with Crippen LogP contribution in [-0.2, 0) is 0 Å². The molecule has 0 radical (unpaired) electrons. The van der Waals surface area contributed by atoms with Gasteiger partial charge in [-0.05, 0) is 61.5 Å². The third kappa shape index (κ3) is 2.39. The van der Waals surface area contributed by atoms with Gasteiger partial charge in [-0.15, -0.1) is 0 Å². The van der Waals surface area contributed by atoms with Gasteiger partial charge in [-0.25, -0.2) is 9.97 Å². The molecule has 1 heterocycles. The lowest BCUT2D eigenvalue weighted by Crippen LogP contribution is -2.61. The van der Waals surface area contributed by atoms with Crippen LogP contribution in [0.25, 0.3) is 0 Å². The summed E-state index contributed by atoms with van der Waals surface area (Å²) in [5.41, 5.74) is -0.253. The maximum atomic E-state index is 12.5. The van der Waals surface area contributed by atoms with E-state index in [1.165, 1.54) is 6.20 Å². The molecule has 2 N–H and O–H groups in total. The normalized spacial score (nSPS) is 39.0. The summed E-state index contributed by atoms with van der Waals surface area (Å²) >= 11 is 11.6. The Kier molecular flexibility index (Phi) is 3.36. The number of rotatable bonds is 2. The smallest absolute Gasteiger partial charge is 0.256 e. The van der Waals surface area contributed by atoms with Crippen LogP contribution in [0.1, 0.15) is 42.5 Å². The minimum Gasteiger partial charge on any atom is -0.390 e. The summed E-state index contributed by atoms with van der Waals surface area (Å²) in [7, 11) is 0. The van der Waals surface area contributed by atoms with Crippen molar-refractivity contribution in [1.82, 2.24) is 15.3 Å². The Labute approximate surface area is 138 Å². The van der Waals surface area contributed by atoms with E-state index in [-0.39, 0.29) is 27.9 Å². The Balaban J connectivity index is 1.53. The molecule has 0 saturated heterocycles. The quantitative estimate of drug-likeness (QED) is 0.640. The highest BCUT2D eigenvalue weighted by Gasteiger charge is 2.55. The van der Waals surface area contributed by atoms with E-state index in [4.69, 9.17) is 23.2 Å². The number of nitrogens with one attached hydrogen (secondary N) is 1. The lowest BCUT2D eigenvalue weighted by atomic mass is 9.52. The lowest BCUT2D eigenvalue weighted by molar-refractivity contribution is -0.136. The predicted molar refractivity (Wildman–Crippen MR) is 81.8 cm³/mol. The number of hydrogen-bond donors (Lipinski definition) is 2. The van der Waals surface area contributed by atoms with Crippen molar-refractivity contribution in [3.8, 4) is 0 Å². The summed E-state index contributed by atoms with van der Waals surface area (Å²) in [6, 6.07) is 0.107. The van der Waals surface area contributed by atoms with E-state index in [9.17, 15) is 9.90 Å². The molecule has 5 nitrogen and oxygen atoms in total. The average molecular weight is 342 g/mol. The summed E-state index contributed by atoms with van der Waals surface area (Å²) in [4.78, 5) is 20.1. The topological polar surface area (TPSA) is 75.1 Å². The average Bonchev–Trinajstić information content (AvgIpc) is 2.40. The molecule has 2 unspecified atom stereocenters. The molecule has 22 heavy (non-hydrogen) atoms. The van der Waals surface area contributed by atoms with Gasteiger partial charge in [0, 0.05) is 12.2 Å². The second-order valence-electron chi connectivity index (χ2n) is 7.04. The van der Waals surface area contributed by atoms with Gasteiger partial charge in [0.1, 0.15) is 5.15 Å². The van der Waals surface area contributed by atoms with Crippen molar-refractivity contribution in [1.29, 1.82) is 0 Å². The van der Waals surface area contributed by atoms with E-state index in [1.54, 1.807) is 0 Å². The minimum atomic E-state index is -0.501. The zero-order chi connectivity index (χ0) is 15.5. The maximum absolute atomic E-state index is 12.5. The number of carbonyl (C=O) groups is 1. The monoisotopic (exact) mass is 341 g/mol. The molecule has 4 saturated carbocycles. The third-order valence-corrected chi connectivity index (χ3v) is 5.97. The molecule has 4 bridgehead atoms. The van der Waals surface area contributed by atoms with Crippen molar-refractivity contribution in [2.45, 2.75) is 43.7 Å². The van der Waals surface area contributed by atoms with Crippen molar-refractivity contribution in [2.24, 2.45) is 17.8 Å². The molecule has 0 aliphatic heterocycles. The molecule has 0 aromatic carbocycles. The predicted octanol–water partition coefficient (Wildman–Crippen LogP) is 2.45. The molecule has 4 aliphatic carbocycles. The van der Waals surface area contributed by atoms with Gasteiger partial charge in [0.15, 0.2) is 0 Å². The summed E-state index contributed by atoms with van der Waals surface area (Å²) in [5.74, 6) is 1.06. The van der Waals surface area contributed by atoms with Crippen LogP contribution in [0.3, 0.4) is 0 Å². The van der Waals surface area contributed by atoms with Crippen LogP contribution in [0.2, 0.25) is 10.4 Å². The standard InChI is InChI=1S/C15H17Cl2N3O2/c16-12-10(6-18-14(17)20-12)13(21)19-11-8-1-7-2-9(11)5-15(22,3-7)4-8/h6-9,11,22H,1-5H2,(H,19,21)/t7?,8?,9?,11-,15+. The molecule has 1 amide bonds. The largest absolute Gasteiger partial charge is 0.390 e. The zero-order valence-corrected chi connectivity index (χ0v) is 13.4. The Morgan fingerprint density at radius 2 is 1.95 bits per heavy atom. The molecule has 2 atom stereocenters. The molecule has 4 aliphatic rings. The highest BCUT2D eigenvalue weighted by Crippen LogP contribution is 2.55. The summed E-state index contributed by atoms with van der Waals surface area (Å²) < 4.78 is 0. The summed E-state index contributed by atoms with van der Waals surface area (Å²) in [6.07, 6.45) is 6.04. The van der Waals surface area contributed by atoms with Crippen LogP contribution in [0.4, 0.5) is 0 Å². The highest BCUT2D eigenvalue weighted by molar-refractivity contribution is 6.34. The lowest BCUT2D eigenvalue weighted by Gasteiger charge is -2.58. The molecular weight excluding hydrogens is 325 g/mol. The highest BCUT2D eigenvalue weighted by atomic mass is 35.5. The van der Waals surface area contributed by atoms with E-state index in [0.717, 1.165) is 32.1 Å². The van der Waals surface area contributed by atoms with E-state index in [1.807, 2.05) is 0 Å². The van der Waals surface area contributed by atoms with Gasteiger partial charge in [-0.1, -0.05) is 11.6 Å². The first kappa shape index (κ1) is 14.7. The molecule has 4 fully saturated rings. The van der Waals surface area contributed by atoms with Crippen LogP contribution in [-0.4, -0.2) is 32.6 Å². The fourth-order valence-electron chi connectivity index (χ4n) is 4.94. The molecule has 1 aromatic heterocycles. The van der Waals surface area contributed by atoms with Crippen LogP contribution in [0, 0.1) is 17.8 Å². The number of amides is 1. The van der Waals surface area contributed by atoms with Crippen molar-refractivity contribution >= 4 is 29.1 Å². The fraction of sp³-hybridized carbons (Fsp3) is 0.667. The molecule has 1 aromatic rings. The SMILES string of the molecule is O=C(N[C@H]1C2CC3CC1C[C@@](O)(C3)C2)c1cnc(Cl)nc1Cl. The van der Waals surface area contributed by atoms with E-state index in [2.05, 4.69) is 15.3 Å². The Bertz CT molecular complexity index is 623. The van der Waals surface area contributed by atoms with Crippen LogP contribution in [0.15, 0.2) is 6.20 Å². The zero-order valence-electron chi connectivity index (χ0n) is 11.9. The molecule has 5 rings (SSSR count). The molecule has 0 spiro atoms. The van der Waals surface area contributed by atoms with Gasteiger partial charge in [0.25, 0.3) is 5.91 Å². The number of halogens is 2. The van der Waals surface area contributed by atoms with E-state index < -0.39 is 5.60 Å². The number of carbonyl (C=O) groups excluding carboxylic acids is 1. The first-order chi connectivity index (χ1) is 10.4. The Morgan fingerprint density at radius 1 is 1.27 bits per heavy atom. The first-order valence-corrected chi connectivity index (χ1v) is 8.40. The number of aliphatic hydroxyl groups is 1. The second kappa shape index (κ2) is 5.05. The van der Waals surface area contributed by atoms with Crippen LogP contribution < -0.4 is 5.32 Å². The third-order valence-electron chi connectivity index (χ3n) is 5.50. The molecule has 118 valence electrons. The van der Waals surface area contributed by atoms with Crippen molar-refractivity contribution in [3.63, 3.8) is 0 Å². The van der Waals surface area contributed by atoms with Crippen LogP contribution >= 0.6 is 23.2 Å². The maximum Gasteiger partial charge on any atom is 0.256 e. The van der Waals surface area contributed by atoms with Crippen molar-refractivity contribution in [3.05, 3.63) is 22.2 Å². The second-order valence-corrected chi connectivity index (χ2v) is 7.73. The fourth-order valence-corrected chi connectivity index (χ4v) is 5.33. The number of hydrogen-bond acceptors (Lipinski definition) is 4. The number of nitrogens with zero attached hydrogens (tertiary/aromatic N) is 2.